The molecule has 0 aliphatic heterocycles. The minimum Gasteiger partial charge on any atom is -0.481 e. The van der Waals surface area contributed by atoms with Crippen molar-refractivity contribution in [3.05, 3.63) is 46.0 Å². The molecule has 0 saturated carbocycles. The first-order valence-electron chi connectivity index (χ1n) is 8.86. The number of aryl methyl sites for hydroxylation is 4. The van der Waals surface area contributed by atoms with Gasteiger partial charge in [-0.25, -0.2) is 0 Å². The largest absolute Gasteiger partial charge is 2.00 e. The molecule has 0 bridgehead atoms. The summed E-state index contributed by atoms with van der Waals surface area (Å²) in [4.78, 5) is 6.40. The summed E-state index contributed by atoms with van der Waals surface area (Å²) in [7, 11) is 0. The van der Waals surface area contributed by atoms with E-state index in [1.165, 1.54) is 33.6 Å². The molecule has 0 saturated heterocycles. The first kappa shape index (κ1) is 22.2. The maximum Gasteiger partial charge on any atom is 2.00 e. The second-order valence-electron chi connectivity index (χ2n) is 5.49. The average molecular weight is 402 g/mol. The summed E-state index contributed by atoms with van der Waals surface area (Å²) < 4.78 is 0. The Labute approximate surface area is 155 Å². The van der Waals surface area contributed by atoms with Crippen LogP contribution in [0.3, 0.4) is 0 Å². The molecular formula is C20H32N2Ru. The van der Waals surface area contributed by atoms with E-state index in [-0.39, 0.29) is 19.5 Å². The second-order valence-corrected chi connectivity index (χ2v) is 5.49. The van der Waals surface area contributed by atoms with Crippen LogP contribution in [-0.2, 0) is 58.0 Å². The molecule has 2 nitrogen and oxygen atoms in total. The molecule has 2 heterocycles. The van der Waals surface area contributed by atoms with Crippen LogP contribution in [0.2, 0.25) is 0 Å². The molecule has 0 atom stereocenters. The molecule has 0 aromatic carbocycles. The molecule has 2 N–H and O–H groups in total. The van der Waals surface area contributed by atoms with Crippen molar-refractivity contribution in [2.45, 2.75) is 80.1 Å². The van der Waals surface area contributed by atoms with Gasteiger partial charge in [-0.15, -0.1) is 23.8 Å². The third kappa shape index (κ3) is 5.64. The van der Waals surface area contributed by atoms with Crippen LogP contribution in [0.5, 0.6) is 0 Å². The molecule has 2 aromatic rings. The van der Waals surface area contributed by atoms with E-state index >= 15 is 0 Å². The molecular weight excluding hydrogens is 369 g/mol. The quantitative estimate of drug-likeness (QED) is 0.504. The number of rotatable bonds is 6. The van der Waals surface area contributed by atoms with E-state index in [2.05, 4.69) is 63.9 Å². The molecule has 0 fully saturated rings. The molecule has 2 rings (SSSR count). The minimum atomic E-state index is 0. The standard InChI is InChI=1S/2C10H16N.Ru/c2*1-4-8-7-11-10(6-3)9(8)5-2;/h2*11H,4-6H2,1-3H3;/q2*-1;+2. The van der Waals surface area contributed by atoms with Crippen LogP contribution in [-0.4, -0.2) is 9.97 Å². The van der Waals surface area contributed by atoms with Gasteiger partial charge in [-0.3, -0.25) is 0 Å². The van der Waals surface area contributed by atoms with Gasteiger partial charge >= 0.3 is 19.5 Å². The van der Waals surface area contributed by atoms with E-state index in [1.54, 1.807) is 0 Å². The number of aromatic amines is 2. The van der Waals surface area contributed by atoms with Crippen LogP contribution in [0, 0.1) is 12.4 Å². The molecule has 0 amide bonds. The molecule has 0 aliphatic carbocycles. The summed E-state index contributed by atoms with van der Waals surface area (Å²) in [5, 5.41) is 0. The Kier molecular flexibility index (Phi) is 11.3. The van der Waals surface area contributed by atoms with Crippen molar-refractivity contribution in [2.75, 3.05) is 0 Å². The van der Waals surface area contributed by atoms with Gasteiger partial charge in [0.2, 0.25) is 0 Å². The predicted octanol–water partition coefficient (Wildman–Crippen LogP) is 5.00. The number of nitrogens with one attached hydrogen (secondary N) is 2. The molecule has 3 heteroatoms. The van der Waals surface area contributed by atoms with E-state index < -0.39 is 0 Å². The van der Waals surface area contributed by atoms with Gasteiger partial charge in [0.05, 0.1) is 0 Å². The number of hydrogen-bond donors (Lipinski definition) is 2. The number of hydrogen-bond acceptors (Lipinski definition) is 0. The maximum absolute atomic E-state index is 3.20. The van der Waals surface area contributed by atoms with Crippen molar-refractivity contribution in [3.63, 3.8) is 0 Å². The van der Waals surface area contributed by atoms with Crippen molar-refractivity contribution >= 4 is 0 Å². The van der Waals surface area contributed by atoms with E-state index in [1.807, 2.05) is 0 Å². The van der Waals surface area contributed by atoms with Gasteiger partial charge in [-0.05, 0) is 0 Å². The van der Waals surface area contributed by atoms with Crippen molar-refractivity contribution < 1.29 is 19.5 Å². The van der Waals surface area contributed by atoms with Gasteiger partial charge < -0.3 is 9.97 Å². The molecule has 0 spiro atoms. The Hall–Kier alpha value is -0.817. The summed E-state index contributed by atoms with van der Waals surface area (Å²) in [6.45, 7) is 13.1. The maximum atomic E-state index is 3.20. The average Bonchev–Trinajstić information content (AvgIpc) is 3.16. The zero-order valence-corrected chi connectivity index (χ0v) is 17.3. The molecule has 0 radical (unpaired) electrons. The zero-order valence-electron chi connectivity index (χ0n) is 15.6. The van der Waals surface area contributed by atoms with Crippen molar-refractivity contribution in [2.24, 2.45) is 0 Å². The smallest absolute Gasteiger partial charge is 0.481 e. The monoisotopic (exact) mass is 402 g/mol. The Morgan fingerprint density at radius 2 is 0.913 bits per heavy atom. The van der Waals surface area contributed by atoms with Gasteiger partial charge in [-0.2, -0.15) is 22.3 Å². The topological polar surface area (TPSA) is 31.6 Å². The molecule has 23 heavy (non-hydrogen) atoms. The van der Waals surface area contributed by atoms with E-state index in [4.69, 9.17) is 0 Å². The van der Waals surface area contributed by atoms with Crippen LogP contribution < -0.4 is 0 Å². The Balaban J connectivity index is 0.000000403. The SMILES string of the molecule is CCc1[c-][nH]c(CC)c1CC.CCc1[c-][nH]c(CC)c1CC.[Ru+2]. The molecule has 130 valence electrons. The second kappa shape index (κ2) is 11.7. The van der Waals surface area contributed by atoms with Gasteiger partial charge in [0.1, 0.15) is 0 Å². The van der Waals surface area contributed by atoms with Gasteiger partial charge in [0.25, 0.3) is 0 Å². The number of H-pyrrole nitrogens is 2. The summed E-state index contributed by atoms with van der Waals surface area (Å²) in [5.41, 5.74) is 8.42. The zero-order chi connectivity index (χ0) is 16.5. The van der Waals surface area contributed by atoms with E-state index in [0.29, 0.717) is 0 Å². The van der Waals surface area contributed by atoms with E-state index in [9.17, 15) is 0 Å². The summed E-state index contributed by atoms with van der Waals surface area (Å²) in [6, 6.07) is 0. The Morgan fingerprint density at radius 3 is 1.13 bits per heavy atom. The normalized spacial score (nSPS) is 10.0. The first-order valence-corrected chi connectivity index (χ1v) is 8.86. The fourth-order valence-corrected chi connectivity index (χ4v) is 3.03. The van der Waals surface area contributed by atoms with Gasteiger partial charge in [0.15, 0.2) is 0 Å². The van der Waals surface area contributed by atoms with Crippen LogP contribution in [0.1, 0.15) is 75.2 Å². The van der Waals surface area contributed by atoms with Crippen LogP contribution in [0.25, 0.3) is 0 Å². The minimum absolute atomic E-state index is 0. The fourth-order valence-electron chi connectivity index (χ4n) is 3.03. The van der Waals surface area contributed by atoms with Gasteiger partial charge in [0, 0.05) is 0 Å². The van der Waals surface area contributed by atoms with Crippen LogP contribution in [0.15, 0.2) is 0 Å². The van der Waals surface area contributed by atoms with Crippen LogP contribution >= 0.6 is 0 Å². The first-order chi connectivity index (χ1) is 10.7. The summed E-state index contributed by atoms with van der Waals surface area (Å²) in [5.74, 6) is 0. The van der Waals surface area contributed by atoms with E-state index in [0.717, 1.165) is 38.5 Å². The predicted molar refractivity (Wildman–Crippen MR) is 95.5 cm³/mol. The van der Waals surface area contributed by atoms with Crippen molar-refractivity contribution in [1.82, 2.24) is 9.97 Å². The Morgan fingerprint density at radius 1 is 0.565 bits per heavy atom. The van der Waals surface area contributed by atoms with Crippen LogP contribution in [0.4, 0.5) is 0 Å². The number of aromatic nitrogens is 2. The van der Waals surface area contributed by atoms with Crippen molar-refractivity contribution in [3.8, 4) is 0 Å². The Bertz CT molecular complexity index is 459. The molecule has 2 aromatic heterocycles. The fraction of sp³-hybridized carbons (Fsp3) is 0.600. The molecule has 0 aliphatic rings. The third-order valence-electron chi connectivity index (χ3n) is 4.31. The third-order valence-corrected chi connectivity index (χ3v) is 4.31. The van der Waals surface area contributed by atoms with Gasteiger partial charge in [-0.1, -0.05) is 80.1 Å². The molecule has 0 unspecified atom stereocenters. The van der Waals surface area contributed by atoms with Crippen molar-refractivity contribution in [1.29, 1.82) is 0 Å². The summed E-state index contributed by atoms with van der Waals surface area (Å²) >= 11 is 0. The summed E-state index contributed by atoms with van der Waals surface area (Å²) in [6.07, 6.45) is 13.1.